The molecule has 11 heteroatoms. The molecule has 170 valence electrons. The maximum atomic E-state index is 12.9. The average Bonchev–Trinajstić information content (AvgIpc) is 3.12. The summed E-state index contributed by atoms with van der Waals surface area (Å²) in [5.74, 6) is -4.33. The van der Waals surface area contributed by atoms with Crippen molar-refractivity contribution in [2.75, 3.05) is 6.54 Å². The van der Waals surface area contributed by atoms with Crippen molar-refractivity contribution < 1.29 is 29.1 Å². The highest BCUT2D eigenvalue weighted by Crippen LogP contribution is 2.20. The van der Waals surface area contributed by atoms with Crippen LogP contribution in [0.15, 0.2) is 0 Å². The van der Waals surface area contributed by atoms with E-state index >= 15 is 0 Å². The van der Waals surface area contributed by atoms with Gasteiger partial charge in [-0.2, -0.15) is 0 Å². The van der Waals surface area contributed by atoms with E-state index in [0.717, 1.165) is 0 Å². The number of primary amides is 1. The lowest BCUT2D eigenvalue weighted by Crippen LogP contribution is -2.58. The van der Waals surface area contributed by atoms with Crippen molar-refractivity contribution in [1.29, 1.82) is 0 Å². The molecule has 1 fully saturated rings. The molecule has 1 saturated heterocycles. The lowest BCUT2D eigenvalue weighted by Gasteiger charge is -2.30. The van der Waals surface area contributed by atoms with Crippen LogP contribution in [0.25, 0.3) is 0 Å². The van der Waals surface area contributed by atoms with Gasteiger partial charge >= 0.3 is 5.97 Å². The Morgan fingerprint density at radius 3 is 2.13 bits per heavy atom. The normalized spacial score (nSPS) is 19.3. The fourth-order valence-electron chi connectivity index (χ4n) is 3.23. The summed E-state index contributed by atoms with van der Waals surface area (Å²) in [4.78, 5) is 61.8. The van der Waals surface area contributed by atoms with Gasteiger partial charge in [0, 0.05) is 6.54 Å². The number of carboxylic acids is 1. The summed E-state index contributed by atoms with van der Waals surface area (Å²) in [6, 6.07) is -4.03. The Morgan fingerprint density at radius 2 is 1.67 bits per heavy atom. The van der Waals surface area contributed by atoms with Crippen molar-refractivity contribution in [3.05, 3.63) is 0 Å². The Kier molecular flexibility index (Phi) is 9.22. The van der Waals surface area contributed by atoms with Gasteiger partial charge in [0.25, 0.3) is 0 Å². The van der Waals surface area contributed by atoms with Gasteiger partial charge in [-0.3, -0.25) is 19.2 Å². The van der Waals surface area contributed by atoms with Crippen LogP contribution in [-0.4, -0.2) is 70.3 Å². The van der Waals surface area contributed by atoms with E-state index in [9.17, 15) is 29.1 Å². The van der Waals surface area contributed by atoms with Crippen LogP contribution >= 0.6 is 0 Å². The summed E-state index contributed by atoms with van der Waals surface area (Å²) >= 11 is 0. The second-order valence-corrected chi connectivity index (χ2v) is 8.26. The fraction of sp³-hybridized carbons (Fsp3) is 0.737. The SMILES string of the molecule is CC(C)C(N)C(=O)N1CCCC1C(=O)NC(C(=O)NC(CC(N)=O)C(=O)O)C(C)C. The Labute approximate surface area is 175 Å². The second kappa shape index (κ2) is 10.9. The van der Waals surface area contributed by atoms with Crippen LogP contribution in [-0.2, 0) is 24.0 Å². The van der Waals surface area contributed by atoms with Gasteiger partial charge in [-0.25, -0.2) is 4.79 Å². The number of amides is 4. The first-order valence-electron chi connectivity index (χ1n) is 10.0. The molecule has 7 N–H and O–H groups in total. The van der Waals surface area contributed by atoms with Crippen LogP contribution in [0, 0.1) is 11.8 Å². The quantitative estimate of drug-likeness (QED) is 0.282. The Hall–Kier alpha value is -2.69. The first-order chi connectivity index (χ1) is 13.9. The number of hydrogen-bond donors (Lipinski definition) is 5. The molecule has 30 heavy (non-hydrogen) atoms. The highest BCUT2D eigenvalue weighted by Gasteiger charge is 2.39. The average molecular weight is 428 g/mol. The van der Waals surface area contributed by atoms with Crippen LogP contribution in [0.4, 0.5) is 0 Å². The molecule has 4 atom stereocenters. The molecule has 1 rings (SSSR count). The first kappa shape index (κ1) is 25.3. The van der Waals surface area contributed by atoms with E-state index in [1.165, 1.54) is 4.90 Å². The van der Waals surface area contributed by atoms with Gasteiger partial charge in [-0.15, -0.1) is 0 Å². The monoisotopic (exact) mass is 427 g/mol. The predicted molar refractivity (Wildman–Crippen MR) is 108 cm³/mol. The molecule has 0 bridgehead atoms. The number of aliphatic carboxylic acids is 1. The summed E-state index contributed by atoms with van der Waals surface area (Å²) in [5.41, 5.74) is 11.0. The van der Waals surface area contributed by atoms with Crippen LogP contribution < -0.4 is 22.1 Å². The lowest BCUT2D eigenvalue weighted by molar-refractivity contribution is -0.144. The van der Waals surface area contributed by atoms with E-state index in [4.69, 9.17) is 11.5 Å². The van der Waals surface area contributed by atoms with Crippen LogP contribution in [0.3, 0.4) is 0 Å². The minimum atomic E-state index is -1.50. The molecule has 1 aliphatic heterocycles. The lowest BCUT2D eigenvalue weighted by atomic mass is 10.0. The second-order valence-electron chi connectivity index (χ2n) is 8.26. The summed E-state index contributed by atoms with van der Waals surface area (Å²) in [5, 5.41) is 14.0. The van der Waals surface area contributed by atoms with Gasteiger partial charge < -0.3 is 32.1 Å². The number of rotatable bonds is 10. The minimum absolute atomic E-state index is 0.0887. The number of nitrogens with zero attached hydrogens (tertiary/aromatic N) is 1. The van der Waals surface area contributed by atoms with Crippen molar-refractivity contribution in [3.63, 3.8) is 0 Å². The standard InChI is InChI=1S/C19H33N5O6/c1-9(2)14(21)18(28)24-7-5-6-12(24)16(26)23-15(10(3)4)17(27)22-11(19(29)30)8-13(20)25/h9-12,14-15H,5-8,21H2,1-4H3,(H2,20,25)(H,22,27)(H,23,26)(H,29,30). The zero-order valence-electron chi connectivity index (χ0n) is 17.9. The smallest absolute Gasteiger partial charge is 0.326 e. The summed E-state index contributed by atoms with van der Waals surface area (Å²) < 4.78 is 0. The van der Waals surface area contributed by atoms with Gasteiger partial charge in [0.15, 0.2) is 0 Å². The Balaban J connectivity index is 2.90. The van der Waals surface area contributed by atoms with Crippen molar-refractivity contribution in [3.8, 4) is 0 Å². The van der Waals surface area contributed by atoms with E-state index in [2.05, 4.69) is 10.6 Å². The van der Waals surface area contributed by atoms with Crippen LogP contribution in [0.5, 0.6) is 0 Å². The number of carbonyl (C=O) groups is 5. The zero-order chi connectivity index (χ0) is 23.2. The molecule has 1 heterocycles. The highest BCUT2D eigenvalue weighted by atomic mass is 16.4. The van der Waals surface area contributed by atoms with Crippen LogP contribution in [0.2, 0.25) is 0 Å². The van der Waals surface area contributed by atoms with Crippen molar-refractivity contribution in [2.24, 2.45) is 23.3 Å². The number of likely N-dealkylation sites (tertiary alicyclic amines) is 1. The molecule has 0 saturated carbocycles. The predicted octanol–water partition coefficient (Wildman–Crippen LogP) is -1.45. The number of nitrogens with one attached hydrogen (secondary N) is 2. The third kappa shape index (κ3) is 6.68. The number of carboxylic acid groups (broad SMARTS) is 1. The molecule has 4 amide bonds. The molecule has 0 aromatic carbocycles. The molecule has 0 aromatic heterocycles. The summed E-state index contributed by atoms with van der Waals surface area (Å²) in [6.45, 7) is 7.40. The van der Waals surface area contributed by atoms with Gasteiger partial charge in [0.1, 0.15) is 18.1 Å². The van der Waals surface area contributed by atoms with Gasteiger partial charge in [-0.05, 0) is 24.7 Å². The molecule has 0 radical (unpaired) electrons. The third-order valence-electron chi connectivity index (χ3n) is 5.11. The highest BCUT2D eigenvalue weighted by molar-refractivity contribution is 5.95. The fourth-order valence-corrected chi connectivity index (χ4v) is 3.23. The number of nitrogens with two attached hydrogens (primary N) is 2. The maximum absolute atomic E-state index is 12.9. The number of carbonyl (C=O) groups excluding carboxylic acids is 4. The largest absolute Gasteiger partial charge is 0.480 e. The van der Waals surface area contributed by atoms with E-state index in [1.54, 1.807) is 13.8 Å². The van der Waals surface area contributed by atoms with E-state index in [1.807, 2.05) is 13.8 Å². The van der Waals surface area contributed by atoms with E-state index in [0.29, 0.717) is 19.4 Å². The molecule has 4 unspecified atom stereocenters. The maximum Gasteiger partial charge on any atom is 0.326 e. The van der Waals surface area contributed by atoms with Gasteiger partial charge in [0.05, 0.1) is 12.5 Å². The van der Waals surface area contributed by atoms with Crippen molar-refractivity contribution in [2.45, 2.75) is 71.1 Å². The summed E-state index contributed by atoms with van der Waals surface area (Å²) in [6.07, 6.45) is 0.499. The van der Waals surface area contributed by atoms with E-state index in [-0.39, 0.29) is 17.7 Å². The van der Waals surface area contributed by atoms with E-state index < -0.39 is 54.3 Å². The minimum Gasteiger partial charge on any atom is -0.480 e. The van der Waals surface area contributed by atoms with Gasteiger partial charge in [-0.1, -0.05) is 27.7 Å². The summed E-state index contributed by atoms with van der Waals surface area (Å²) in [7, 11) is 0. The molecule has 0 aromatic rings. The molecule has 0 spiro atoms. The van der Waals surface area contributed by atoms with Crippen LogP contribution in [0.1, 0.15) is 47.0 Å². The molecule has 1 aliphatic rings. The molecular weight excluding hydrogens is 394 g/mol. The third-order valence-corrected chi connectivity index (χ3v) is 5.11. The van der Waals surface area contributed by atoms with Gasteiger partial charge in [0.2, 0.25) is 23.6 Å². The zero-order valence-corrected chi connectivity index (χ0v) is 17.9. The molecule has 11 nitrogen and oxygen atoms in total. The van der Waals surface area contributed by atoms with Crippen molar-refractivity contribution in [1.82, 2.24) is 15.5 Å². The first-order valence-corrected chi connectivity index (χ1v) is 10.0. The molecular formula is C19H33N5O6. The topological polar surface area (TPSA) is 185 Å². The Morgan fingerprint density at radius 1 is 1.07 bits per heavy atom. The number of hydrogen-bond acceptors (Lipinski definition) is 6. The Bertz CT molecular complexity index is 680. The molecule has 0 aliphatic carbocycles. The van der Waals surface area contributed by atoms with Crippen molar-refractivity contribution >= 4 is 29.6 Å².